The van der Waals surface area contributed by atoms with Crippen molar-refractivity contribution in [3.8, 4) is 0 Å². The van der Waals surface area contributed by atoms with Gasteiger partial charge in [-0.25, -0.2) is 9.59 Å². The van der Waals surface area contributed by atoms with E-state index in [0.717, 1.165) is 0 Å². The summed E-state index contributed by atoms with van der Waals surface area (Å²) in [4.78, 5) is 81.5. The quantitative estimate of drug-likeness (QED) is 0.123. The van der Waals surface area contributed by atoms with E-state index < -0.39 is 47.8 Å². The van der Waals surface area contributed by atoms with Crippen LogP contribution in [-0.4, -0.2) is 47.8 Å². The third kappa shape index (κ3) is 12.2. The molecule has 54 heavy (non-hydrogen) atoms. The molecule has 2 aromatic rings. The summed E-state index contributed by atoms with van der Waals surface area (Å²) in [5.74, 6) is -3.69. The Balaban J connectivity index is 1.81. The zero-order valence-corrected chi connectivity index (χ0v) is 29.9. The number of ketones is 2. The summed E-state index contributed by atoms with van der Waals surface area (Å²) in [6.45, 7) is 3.15. The fraction of sp³-hybridized carbons (Fsp3) is 0.250. The third-order valence-corrected chi connectivity index (χ3v) is 7.58. The van der Waals surface area contributed by atoms with Crippen LogP contribution in [0.3, 0.4) is 0 Å². The van der Waals surface area contributed by atoms with Crippen molar-refractivity contribution in [3.05, 3.63) is 144 Å². The molecule has 2 heterocycles. The summed E-state index contributed by atoms with van der Waals surface area (Å²) in [6, 6.07) is 13.5. The van der Waals surface area contributed by atoms with Crippen molar-refractivity contribution in [1.29, 1.82) is 0 Å². The predicted molar refractivity (Wildman–Crippen MR) is 196 cm³/mol. The van der Waals surface area contributed by atoms with Gasteiger partial charge in [0.05, 0.1) is 0 Å². The fourth-order valence-corrected chi connectivity index (χ4v) is 4.97. The third-order valence-electron chi connectivity index (χ3n) is 7.58. The Kier molecular flexibility index (Phi) is 15.6. The van der Waals surface area contributed by atoms with Crippen LogP contribution in [0, 0.1) is 0 Å². The Morgan fingerprint density at radius 2 is 0.963 bits per heavy atom. The summed E-state index contributed by atoms with van der Waals surface area (Å²) in [5.41, 5.74) is 0.605. The Labute approximate surface area is 312 Å². The van der Waals surface area contributed by atoms with Crippen molar-refractivity contribution in [2.75, 3.05) is 0 Å². The molecule has 0 saturated heterocycles. The number of benzene rings is 2. The minimum atomic E-state index is -1.94. The lowest BCUT2D eigenvalue weighted by Crippen LogP contribution is -2.61. The van der Waals surface area contributed by atoms with Crippen LogP contribution in [0.4, 0.5) is 9.59 Å². The number of nitrogens with one attached hydrogen (secondary N) is 4. The number of Topliss-reactive ketones (excluding diaryl/α,β-unsaturated/α-hetero) is 2. The van der Waals surface area contributed by atoms with E-state index in [2.05, 4.69) is 21.3 Å². The van der Waals surface area contributed by atoms with Crippen LogP contribution < -0.4 is 21.3 Å². The number of alkyl carbamates (subject to hydrolysis) is 2. The van der Waals surface area contributed by atoms with E-state index in [1.807, 2.05) is 0 Å². The molecule has 2 aromatic carbocycles. The van der Waals surface area contributed by atoms with Gasteiger partial charge in [-0.2, -0.15) is 0 Å². The van der Waals surface area contributed by atoms with E-state index in [0.29, 0.717) is 24.0 Å². The van der Waals surface area contributed by atoms with Crippen LogP contribution in [0.5, 0.6) is 0 Å². The number of esters is 2. The van der Waals surface area contributed by atoms with Gasteiger partial charge in [-0.3, -0.25) is 19.2 Å². The van der Waals surface area contributed by atoms with Gasteiger partial charge in [-0.1, -0.05) is 86.7 Å². The number of rotatable bonds is 17. The number of carbonyl (C=O) groups excluding carboxylic acids is 6. The summed E-state index contributed by atoms with van der Waals surface area (Å²) in [6.07, 6.45) is 10.3. The number of amides is 2. The molecule has 14 nitrogen and oxygen atoms in total. The van der Waals surface area contributed by atoms with Crippen molar-refractivity contribution in [1.82, 2.24) is 21.3 Å². The topological polar surface area (TPSA) is 187 Å². The highest BCUT2D eigenvalue weighted by molar-refractivity contribution is 6.10. The van der Waals surface area contributed by atoms with E-state index in [-0.39, 0.29) is 49.0 Å². The Bertz CT molecular complexity index is 1730. The second-order valence-corrected chi connectivity index (χ2v) is 11.7. The smallest absolute Gasteiger partial charge is 0.408 e. The molecule has 0 spiro atoms. The normalized spacial score (nSPS) is 14.3. The van der Waals surface area contributed by atoms with Gasteiger partial charge >= 0.3 is 24.1 Å². The maximum atomic E-state index is 14.7. The fourth-order valence-electron chi connectivity index (χ4n) is 4.97. The molecule has 14 heteroatoms. The highest BCUT2D eigenvalue weighted by Gasteiger charge is 2.42. The number of hydrogen-bond donors (Lipinski definition) is 4. The average Bonchev–Trinajstić information content (AvgIpc) is 3.55. The molecular formula is C40H42N4O10. The van der Waals surface area contributed by atoms with Gasteiger partial charge in [0.1, 0.15) is 36.7 Å². The molecule has 0 radical (unpaired) electrons. The maximum Gasteiger partial charge on any atom is 0.408 e. The largest absolute Gasteiger partial charge is 0.445 e. The first-order chi connectivity index (χ1) is 26.2. The average molecular weight is 739 g/mol. The molecule has 0 saturated carbocycles. The molecule has 0 aromatic heterocycles. The van der Waals surface area contributed by atoms with Crippen molar-refractivity contribution >= 4 is 35.7 Å². The van der Waals surface area contributed by atoms with Gasteiger partial charge in [0.2, 0.25) is 11.6 Å². The highest BCUT2D eigenvalue weighted by Crippen LogP contribution is 2.20. The van der Waals surface area contributed by atoms with Gasteiger partial charge in [-0.05, 0) is 48.3 Å². The highest BCUT2D eigenvalue weighted by atomic mass is 16.6. The summed E-state index contributed by atoms with van der Waals surface area (Å²) >= 11 is 0. The molecule has 2 amide bonds. The van der Waals surface area contributed by atoms with E-state index >= 15 is 0 Å². The Morgan fingerprint density at radius 3 is 1.33 bits per heavy atom. The number of ether oxygens (including phenoxy) is 4. The molecular weight excluding hydrogens is 696 g/mol. The Hall–Kier alpha value is -6.70. The first-order valence-electron chi connectivity index (χ1n) is 17.3. The van der Waals surface area contributed by atoms with Gasteiger partial charge in [0.15, 0.2) is 11.5 Å². The first-order valence-corrected chi connectivity index (χ1v) is 17.3. The second-order valence-electron chi connectivity index (χ2n) is 11.7. The second kappa shape index (κ2) is 21.0. The minimum Gasteiger partial charge on any atom is -0.445 e. The molecule has 0 fully saturated rings. The summed E-state index contributed by atoms with van der Waals surface area (Å²) < 4.78 is 21.9. The lowest BCUT2D eigenvalue weighted by atomic mass is 9.94. The van der Waals surface area contributed by atoms with Crippen molar-refractivity contribution < 1.29 is 47.7 Å². The summed E-state index contributed by atoms with van der Waals surface area (Å²) in [7, 11) is 0. The van der Waals surface area contributed by atoms with Crippen molar-refractivity contribution in [2.45, 2.75) is 64.8 Å². The SMILES string of the molecule is CCCC(=O)OC1=C(C(=O)[C@@H](NC(=O)OCc2ccccc2)[C@H](NC(=O)OCc2ccccc2)C(=O)C2=C(OC(=O)CCC)C=CC=CN2)NC=CC=C1. The Morgan fingerprint density at radius 1 is 0.574 bits per heavy atom. The molecule has 2 aliphatic heterocycles. The zero-order valence-electron chi connectivity index (χ0n) is 29.9. The van der Waals surface area contributed by atoms with Crippen LogP contribution in [-0.2, 0) is 51.3 Å². The molecule has 0 unspecified atom stereocenters. The zero-order chi connectivity index (χ0) is 38.7. The number of allylic oxidation sites excluding steroid dienone is 6. The lowest BCUT2D eigenvalue weighted by molar-refractivity contribution is -0.140. The summed E-state index contributed by atoms with van der Waals surface area (Å²) in [5, 5.41) is 10.4. The molecule has 0 aliphatic carbocycles. The standard InChI is InChI=1S/C40H42N4O10/c1-3-15-31(45)53-29-21-11-13-23-41-33(29)37(47)35(43-39(49)51-25-27-17-7-5-8-18-27)36(44-40(50)52-26-28-19-9-6-10-20-28)38(48)34-30(22-12-14-24-42-34)54-32(46)16-4-2/h5-14,17-24,35-36,41-42H,3-4,15-16,25-26H2,1-2H3,(H,43,49)(H,44,50)/t35-,36-/m0/s1. The monoisotopic (exact) mass is 738 g/mol. The minimum absolute atomic E-state index is 0.0377. The molecule has 2 aliphatic rings. The van der Waals surface area contributed by atoms with Crippen LogP contribution in [0.25, 0.3) is 0 Å². The molecule has 282 valence electrons. The number of hydrogen-bond acceptors (Lipinski definition) is 12. The van der Waals surface area contributed by atoms with Gasteiger partial charge in [0, 0.05) is 25.2 Å². The van der Waals surface area contributed by atoms with Gasteiger partial charge in [-0.15, -0.1) is 0 Å². The van der Waals surface area contributed by atoms with Crippen LogP contribution >= 0.6 is 0 Å². The van der Waals surface area contributed by atoms with Crippen LogP contribution in [0.2, 0.25) is 0 Å². The lowest BCUT2D eigenvalue weighted by Gasteiger charge is -2.28. The van der Waals surface area contributed by atoms with Gasteiger partial charge < -0.3 is 40.2 Å². The van der Waals surface area contributed by atoms with Gasteiger partial charge in [0.25, 0.3) is 0 Å². The first kappa shape index (κ1) is 40.1. The molecule has 4 rings (SSSR count). The van der Waals surface area contributed by atoms with E-state index in [1.165, 1.54) is 48.9 Å². The predicted octanol–water partition coefficient (Wildman–Crippen LogP) is 5.17. The van der Waals surface area contributed by atoms with E-state index in [4.69, 9.17) is 18.9 Å². The van der Waals surface area contributed by atoms with Crippen molar-refractivity contribution in [3.63, 3.8) is 0 Å². The number of carbonyl (C=O) groups is 6. The molecule has 0 bridgehead atoms. The molecule has 4 N–H and O–H groups in total. The van der Waals surface area contributed by atoms with E-state index in [1.54, 1.807) is 74.5 Å². The maximum absolute atomic E-state index is 14.7. The van der Waals surface area contributed by atoms with Crippen LogP contribution in [0.1, 0.15) is 50.7 Å². The van der Waals surface area contributed by atoms with E-state index in [9.17, 15) is 28.8 Å². The van der Waals surface area contributed by atoms with Crippen molar-refractivity contribution in [2.24, 2.45) is 0 Å². The molecule has 2 atom stereocenters. The van der Waals surface area contributed by atoms with Crippen LogP contribution in [0.15, 0.2) is 132 Å².